The molecule has 3 nitrogen and oxygen atoms in total. The molecule has 96 valence electrons. The maximum absolute atomic E-state index is 14.2. The molecule has 1 aromatic carbocycles. The van der Waals surface area contributed by atoms with E-state index in [-0.39, 0.29) is 11.9 Å². The third-order valence-corrected chi connectivity index (χ3v) is 3.21. The standard InChI is InChI=1S/C14H18FN3/c1-9-5-10(2)13(11(15)6-9)14(16-3)12-7-17-8-18(12)4/h5-8,14,16H,1-4H3. The molecule has 2 aromatic rings. The second-order valence-corrected chi connectivity index (χ2v) is 4.63. The number of aromatic nitrogens is 2. The van der Waals surface area contributed by atoms with Crippen LogP contribution in [0.3, 0.4) is 0 Å². The van der Waals surface area contributed by atoms with Crippen molar-refractivity contribution in [2.24, 2.45) is 7.05 Å². The lowest BCUT2D eigenvalue weighted by Gasteiger charge is -2.20. The fourth-order valence-electron chi connectivity index (χ4n) is 2.38. The van der Waals surface area contributed by atoms with E-state index in [4.69, 9.17) is 0 Å². The van der Waals surface area contributed by atoms with Gasteiger partial charge in [-0.05, 0) is 38.1 Å². The number of hydrogen-bond acceptors (Lipinski definition) is 2. The van der Waals surface area contributed by atoms with Gasteiger partial charge in [-0.2, -0.15) is 0 Å². The fraction of sp³-hybridized carbons (Fsp3) is 0.357. The van der Waals surface area contributed by atoms with E-state index in [9.17, 15) is 4.39 Å². The second-order valence-electron chi connectivity index (χ2n) is 4.63. The summed E-state index contributed by atoms with van der Waals surface area (Å²) in [6, 6.07) is 3.39. The van der Waals surface area contributed by atoms with E-state index in [0.29, 0.717) is 5.56 Å². The quantitative estimate of drug-likeness (QED) is 0.903. The molecule has 0 aliphatic heterocycles. The average Bonchev–Trinajstić information content (AvgIpc) is 2.69. The van der Waals surface area contributed by atoms with Crippen molar-refractivity contribution in [1.82, 2.24) is 14.9 Å². The van der Waals surface area contributed by atoms with Gasteiger partial charge in [0, 0.05) is 12.6 Å². The van der Waals surface area contributed by atoms with Gasteiger partial charge in [0.15, 0.2) is 0 Å². The van der Waals surface area contributed by atoms with Gasteiger partial charge in [0.05, 0.1) is 24.3 Å². The smallest absolute Gasteiger partial charge is 0.128 e. The van der Waals surface area contributed by atoms with Crippen LogP contribution in [0.5, 0.6) is 0 Å². The van der Waals surface area contributed by atoms with Crippen molar-refractivity contribution < 1.29 is 4.39 Å². The molecule has 1 aromatic heterocycles. The zero-order valence-corrected chi connectivity index (χ0v) is 11.2. The van der Waals surface area contributed by atoms with Gasteiger partial charge in [0.1, 0.15) is 5.82 Å². The number of nitrogens with zero attached hydrogens (tertiary/aromatic N) is 2. The first-order valence-electron chi connectivity index (χ1n) is 5.94. The molecular formula is C14H18FN3. The monoisotopic (exact) mass is 247 g/mol. The summed E-state index contributed by atoms with van der Waals surface area (Å²) >= 11 is 0. The SMILES string of the molecule is CNC(c1c(C)cc(C)cc1F)c1cncn1C. The van der Waals surface area contributed by atoms with Crippen molar-refractivity contribution in [3.63, 3.8) is 0 Å². The lowest BCUT2D eigenvalue weighted by Crippen LogP contribution is -2.22. The van der Waals surface area contributed by atoms with Crippen molar-refractivity contribution in [3.8, 4) is 0 Å². The van der Waals surface area contributed by atoms with Gasteiger partial charge in [-0.3, -0.25) is 0 Å². The Labute approximate surface area is 107 Å². The maximum atomic E-state index is 14.2. The molecule has 18 heavy (non-hydrogen) atoms. The predicted octanol–water partition coefficient (Wildman–Crippen LogP) is 2.48. The Morgan fingerprint density at radius 1 is 1.33 bits per heavy atom. The Morgan fingerprint density at radius 2 is 2.06 bits per heavy atom. The highest BCUT2D eigenvalue weighted by molar-refractivity contribution is 5.38. The van der Waals surface area contributed by atoms with Gasteiger partial charge in [-0.25, -0.2) is 9.37 Å². The predicted molar refractivity (Wildman–Crippen MR) is 70.0 cm³/mol. The zero-order chi connectivity index (χ0) is 13.3. The molecule has 0 fully saturated rings. The van der Waals surface area contributed by atoms with E-state index in [1.165, 1.54) is 0 Å². The van der Waals surface area contributed by atoms with Crippen LogP contribution in [0.2, 0.25) is 0 Å². The molecular weight excluding hydrogens is 229 g/mol. The molecule has 0 saturated carbocycles. The van der Waals surface area contributed by atoms with Gasteiger partial charge in [-0.15, -0.1) is 0 Å². The Kier molecular flexibility index (Phi) is 3.48. The highest BCUT2D eigenvalue weighted by Gasteiger charge is 2.21. The number of nitrogens with one attached hydrogen (secondary N) is 1. The first-order chi connectivity index (χ1) is 8.54. The number of imidazole rings is 1. The van der Waals surface area contributed by atoms with E-state index in [2.05, 4.69) is 10.3 Å². The number of hydrogen-bond donors (Lipinski definition) is 1. The highest BCUT2D eigenvalue weighted by atomic mass is 19.1. The maximum Gasteiger partial charge on any atom is 0.128 e. The topological polar surface area (TPSA) is 29.9 Å². The Bertz CT molecular complexity index is 537. The molecule has 1 unspecified atom stereocenters. The van der Waals surface area contributed by atoms with Crippen LogP contribution in [0.4, 0.5) is 4.39 Å². The summed E-state index contributed by atoms with van der Waals surface area (Å²) in [7, 11) is 3.74. The summed E-state index contributed by atoms with van der Waals surface area (Å²) in [6.45, 7) is 3.84. The van der Waals surface area contributed by atoms with Crippen molar-refractivity contribution in [3.05, 3.63) is 52.9 Å². The van der Waals surface area contributed by atoms with Gasteiger partial charge >= 0.3 is 0 Å². The molecule has 4 heteroatoms. The molecule has 0 bridgehead atoms. The van der Waals surface area contributed by atoms with Crippen LogP contribution in [0, 0.1) is 19.7 Å². The van der Waals surface area contributed by atoms with Crippen molar-refractivity contribution >= 4 is 0 Å². The van der Waals surface area contributed by atoms with Crippen molar-refractivity contribution in [2.45, 2.75) is 19.9 Å². The summed E-state index contributed by atoms with van der Waals surface area (Å²) in [6.07, 6.45) is 3.49. The third kappa shape index (κ3) is 2.16. The average molecular weight is 247 g/mol. The fourth-order valence-corrected chi connectivity index (χ4v) is 2.38. The second kappa shape index (κ2) is 4.90. The van der Waals surface area contributed by atoms with Crippen LogP contribution in [-0.2, 0) is 7.05 Å². The van der Waals surface area contributed by atoms with Gasteiger partial charge in [0.2, 0.25) is 0 Å². The van der Waals surface area contributed by atoms with E-state index in [1.54, 1.807) is 18.6 Å². The number of rotatable bonds is 3. The van der Waals surface area contributed by atoms with E-state index in [0.717, 1.165) is 16.8 Å². The number of halogens is 1. The minimum absolute atomic E-state index is 0.173. The van der Waals surface area contributed by atoms with Gasteiger partial charge in [-0.1, -0.05) is 6.07 Å². The molecule has 1 heterocycles. The minimum atomic E-state index is -0.182. The van der Waals surface area contributed by atoms with Crippen molar-refractivity contribution in [2.75, 3.05) is 7.05 Å². The molecule has 0 aliphatic rings. The minimum Gasteiger partial charge on any atom is -0.336 e. The summed E-state index contributed by atoms with van der Waals surface area (Å²) < 4.78 is 16.1. The Hall–Kier alpha value is -1.68. The molecule has 0 spiro atoms. The summed E-state index contributed by atoms with van der Waals surface area (Å²) in [5.74, 6) is -0.173. The van der Waals surface area contributed by atoms with Gasteiger partial charge in [0.25, 0.3) is 0 Å². The lowest BCUT2D eigenvalue weighted by molar-refractivity contribution is 0.557. The van der Waals surface area contributed by atoms with Gasteiger partial charge < -0.3 is 9.88 Å². The molecule has 0 saturated heterocycles. The zero-order valence-electron chi connectivity index (χ0n) is 11.2. The molecule has 2 rings (SSSR count). The molecule has 0 amide bonds. The number of aryl methyl sites for hydroxylation is 3. The highest BCUT2D eigenvalue weighted by Crippen LogP contribution is 2.27. The first kappa shape index (κ1) is 12.8. The van der Waals surface area contributed by atoms with E-state index < -0.39 is 0 Å². The number of benzene rings is 1. The van der Waals surface area contributed by atoms with E-state index in [1.807, 2.05) is 38.6 Å². The summed E-state index contributed by atoms with van der Waals surface area (Å²) in [5.41, 5.74) is 3.52. The summed E-state index contributed by atoms with van der Waals surface area (Å²) in [5, 5.41) is 3.16. The Balaban J connectivity index is 2.56. The van der Waals surface area contributed by atoms with Crippen LogP contribution < -0.4 is 5.32 Å². The van der Waals surface area contributed by atoms with Crippen LogP contribution in [0.15, 0.2) is 24.7 Å². The molecule has 0 radical (unpaired) electrons. The summed E-state index contributed by atoms with van der Waals surface area (Å²) in [4.78, 5) is 4.09. The van der Waals surface area contributed by atoms with Crippen molar-refractivity contribution in [1.29, 1.82) is 0 Å². The normalized spacial score (nSPS) is 12.7. The molecule has 0 aliphatic carbocycles. The Morgan fingerprint density at radius 3 is 2.56 bits per heavy atom. The lowest BCUT2D eigenvalue weighted by atomic mass is 9.96. The van der Waals surface area contributed by atoms with E-state index >= 15 is 0 Å². The largest absolute Gasteiger partial charge is 0.336 e. The van der Waals surface area contributed by atoms with Crippen LogP contribution >= 0.6 is 0 Å². The van der Waals surface area contributed by atoms with Crippen LogP contribution in [0.25, 0.3) is 0 Å². The van der Waals surface area contributed by atoms with Crippen LogP contribution in [0.1, 0.15) is 28.4 Å². The van der Waals surface area contributed by atoms with Crippen LogP contribution in [-0.4, -0.2) is 16.6 Å². The molecule has 1 atom stereocenters. The molecule has 1 N–H and O–H groups in total. The third-order valence-electron chi connectivity index (χ3n) is 3.21. The first-order valence-corrected chi connectivity index (χ1v) is 5.94.